The van der Waals surface area contributed by atoms with Crippen LogP contribution in [0, 0.1) is 0 Å². The molecule has 1 amide bonds. The van der Waals surface area contributed by atoms with Crippen molar-refractivity contribution in [3.63, 3.8) is 0 Å². The van der Waals surface area contributed by atoms with Gasteiger partial charge in [-0.1, -0.05) is 30.3 Å². The van der Waals surface area contributed by atoms with Gasteiger partial charge in [-0.3, -0.25) is 5.10 Å². The Morgan fingerprint density at radius 1 is 1.24 bits per heavy atom. The van der Waals surface area contributed by atoms with E-state index in [-0.39, 0.29) is 12.4 Å². The minimum Gasteiger partial charge on any atom is -0.460 e. The number of nitrogens with one attached hydrogen (secondary N) is 2. The first kappa shape index (κ1) is 18.4. The van der Waals surface area contributed by atoms with Gasteiger partial charge >= 0.3 is 12.1 Å². The number of carbonyl (C=O) groups excluding carboxylic acids is 2. The lowest BCUT2D eigenvalue weighted by atomic mass is 10.1. The van der Waals surface area contributed by atoms with Crippen LogP contribution in [0.25, 0.3) is 0 Å². The Labute approximate surface area is 145 Å². The average Bonchev–Trinajstić information content (AvgIpc) is 3.02. The normalized spacial score (nSPS) is 12.3. The maximum Gasteiger partial charge on any atom is 0.408 e. The number of hydrogen-bond acceptors (Lipinski definition) is 6. The van der Waals surface area contributed by atoms with E-state index in [0.29, 0.717) is 5.82 Å². The molecular formula is C17H22N4O4. The van der Waals surface area contributed by atoms with E-state index in [1.165, 1.54) is 0 Å². The van der Waals surface area contributed by atoms with E-state index in [1.807, 2.05) is 30.3 Å². The van der Waals surface area contributed by atoms with Crippen molar-refractivity contribution in [1.29, 1.82) is 0 Å². The van der Waals surface area contributed by atoms with Gasteiger partial charge in [0, 0.05) is 0 Å². The second kappa shape index (κ2) is 7.78. The zero-order valence-corrected chi connectivity index (χ0v) is 14.7. The maximum atomic E-state index is 12.2. The average molecular weight is 346 g/mol. The monoisotopic (exact) mass is 346 g/mol. The highest BCUT2D eigenvalue weighted by molar-refractivity contribution is 5.85. The van der Waals surface area contributed by atoms with Crippen molar-refractivity contribution in [1.82, 2.24) is 20.5 Å². The van der Waals surface area contributed by atoms with Gasteiger partial charge in [0.25, 0.3) is 5.82 Å². The lowest BCUT2D eigenvalue weighted by Crippen LogP contribution is -2.35. The Morgan fingerprint density at radius 3 is 2.52 bits per heavy atom. The molecule has 0 aliphatic heterocycles. The summed E-state index contributed by atoms with van der Waals surface area (Å²) in [6.07, 6.45) is -0.601. The van der Waals surface area contributed by atoms with E-state index in [2.05, 4.69) is 20.5 Å². The van der Waals surface area contributed by atoms with Gasteiger partial charge in [0.2, 0.25) is 0 Å². The van der Waals surface area contributed by atoms with Crippen molar-refractivity contribution >= 4 is 12.1 Å². The van der Waals surface area contributed by atoms with Crippen LogP contribution in [0.1, 0.15) is 55.7 Å². The number of amides is 1. The predicted molar refractivity (Wildman–Crippen MR) is 90.0 cm³/mol. The molecule has 1 atom stereocenters. The summed E-state index contributed by atoms with van der Waals surface area (Å²) in [5.74, 6) is -0.419. The van der Waals surface area contributed by atoms with E-state index in [9.17, 15) is 9.59 Å². The summed E-state index contributed by atoms with van der Waals surface area (Å²) in [6.45, 7) is 7.25. The number of hydrogen-bond donors (Lipinski definition) is 2. The molecule has 8 nitrogen and oxygen atoms in total. The largest absolute Gasteiger partial charge is 0.460 e. The van der Waals surface area contributed by atoms with Gasteiger partial charge in [0.05, 0.1) is 6.61 Å². The molecule has 25 heavy (non-hydrogen) atoms. The van der Waals surface area contributed by atoms with Crippen LogP contribution in [0.3, 0.4) is 0 Å². The smallest absolute Gasteiger partial charge is 0.408 e. The van der Waals surface area contributed by atoms with E-state index in [0.717, 1.165) is 5.56 Å². The SMILES string of the molecule is CCOC(=O)c1n[nH]c(C(NC(=O)OC(C)(C)C)c2ccccc2)n1. The summed E-state index contributed by atoms with van der Waals surface area (Å²) in [7, 11) is 0. The number of aromatic nitrogens is 3. The Morgan fingerprint density at radius 2 is 1.92 bits per heavy atom. The summed E-state index contributed by atoms with van der Waals surface area (Å²) in [5.41, 5.74) is 0.128. The standard InChI is InChI=1S/C17H22N4O4/c1-5-24-15(22)14-19-13(20-21-14)12(11-9-7-6-8-10-11)18-16(23)25-17(2,3)4/h6-10,12H,5H2,1-4H3,(H,18,23)(H,19,20,21). The molecule has 0 aliphatic carbocycles. The number of esters is 1. The van der Waals surface area contributed by atoms with Gasteiger partial charge in [0.1, 0.15) is 11.6 Å². The van der Waals surface area contributed by atoms with Crippen LogP contribution in [-0.4, -0.2) is 39.5 Å². The van der Waals surface area contributed by atoms with Crippen LogP contribution in [0.2, 0.25) is 0 Å². The molecule has 1 unspecified atom stereocenters. The molecule has 1 aromatic carbocycles. The molecule has 0 saturated heterocycles. The van der Waals surface area contributed by atoms with Crippen molar-refractivity contribution < 1.29 is 19.1 Å². The first-order chi connectivity index (χ1) is 11.8. The van der Waals surface area contributed by atoms with Gasteiger partial charge in [0.15, 0.2) is 5.82 Å². The van der Waals surface area contributed by atoms with Crippen LogP contribution in [0.15, 0.2) is 30.3 Å². The third-order valence-corrected chi connectivity index (χ3v) is 3.03. The molecule has 0 bridgehead atoms. The maximum absolute atomic E-state index is 12.2. The third-order valence-electron chi connectivity index (χ3n) is 3.03. The van der Waals surface area contributed by atoms with Gasteiger partial charge in [-0.25, -0.2) is 14.6 Å². The molecule has 0 saturated carbocycles. The highest BCUT2D eigenvalue weighted by Gasteiger charge is 2.25. The van der Waals surface area contributed by atoms with Gasteiger partial charge in [-0.2, -0.15) is 0 Å². The van der Waals surface area contributed by atoms with Gasteiger partial charge < -0.3 is 14.8 Å². The van der Waals surface area contributed by atoms with Crippen LogP contribution < -0.4 is 5.32 Å². The minimum atomic E-state index is -0.647. The fourth-order valence-electron chi connectivity index (χ4n) is 2.07. The van der Waals surface area contributed by atoms with Crippen molar-refractivity contribution in [2.24, 2.45) is 0 Å². The topological polar surface area (TPSA) is 106 Å². The summed E-state index contributed by atoms with van der Waals surface area (Å²) in [6, 6.07) is 8.54. The van der Waals surface area contributed by atoms with Crippen molar-refractivity contribution in [2.75, 3.05) is 6.61 Å². The lowest BCUT2D eigenvalue weighted by Gasteiger charge is -2.22. The van der Waals surface area contributed by atoms with Crippen LogP contribution in [-0.2, 0) is 9.47 Å². The second-order valence-corrected chi connectivity index (χ2v) is 6.25. The van der Waals surface area contributed by atoms with Gasteiger partial charge in [-0.05, 0) is 33.3 Å². The second-order valence-electron chi connectivity index (χ2n) is 6.25. The quantitative estimate of drug-likeness (QED) is 0.806. The van der Waals surface area contributed by atoms with Crippen LogP contribution in [0.5, 0.6) is 0 Å². The number of rotatable bonds is 5. The number of aromatic amines is 1. The zero-order chi connectivity index (χ0) is 18.4. The number of H-pyrrole nitrogens is 1. The lowest BCUT2D eigenvalue weighted by molar-refractivity contribution is 0.0504. The molecule has 1 heterocycles. The summed E-state index contributed by atoms with van der Waals surface area (Å²) in [5, 5.41) is 9.28. The molecule has 2 rings (SSSR count). The number of nitrogens with zero attached hydrogens (tertiary/aromatic N) is 2. The Kier molecular flexibility index (Phi) is 5.74. The highest BCUT2D eigenvalue weighted by Crippen LogP contribution is 2.20. The van der Waals surface area contributed by atoms with E-state index < -0.39 is 23.7 Å². The highest BCUT2D eigenvalue weighted by atomic mass is 16.6. The molecular weight excluding hydrogens is 324 g/mol. The van der Waals surface area contributed by atoms with E-state index in [1.54, 1.807) is 27.7 Å². The summed E-state index contributed by atoms with van der Waals surface area (Å²) >= 11 is 0. The molecule has 2 N–H and O–H groups in total. The van der Waals surface area contributed by atoms with Crippen molar-refractivity contribution in [3.05, 3.63) is 47.5 Å². The molecule has 2 aromatic rings. The molecule has 0 spiro atoms. The third kappa shape index (κ3) is 5.30. The Bertz CT molecular complexity index is 722. The number of carbonyl (C=O) groups is 2. The van der Waals surface area contributed by atoms with Crippen LogP contribution in [0.4, 0.5) is 4.79 Å². The van der Waals surface area contributed by atoms with Crippen LogP contribution >= 0.6 is 0 Å². The van der Waals surface area contributed by atoms with Crippen molar-refractivity contribution in [3.8, 4) is 0 Å². The number of benzene rings is 1. The molecule has 134 valence electrons. The zero-order valence-electron chi connectivity index (χ0n) is 14.7. The number of ether oxygens (including phenoxy) is 2. The Balaban J connectivity index is 2.27. The van der Waals surface area contributed by atoms with Gasteiger partial charge in [-0.15, -0.1) is 5.10 Å². The minimum absolute atomic E-state index is 0.0937. The fourth-order valence-corrected chi connectivity index (χ4v) is 2.07. The van der Waals surface area contributed by atoms with Crippen molar-refractivity contribution in [2.45, 2.75) is 39.3 Å². The molecule has 1 aromatic heterocycles. The molecule has 8 heteroatoms. The molecule has 0 radical (unpaired) electrons. The Hall–Kier alpha value is -2.90. The predicted octanol–water partition coefficient (Wildman–Crippen LogP) is 2.60. The summed E-state index contributed by atoms with van der Waals surface area (Å²) < 4.78 is 10.2. The summed E-state index contributed by atoms with van der Waals surface area (Å²) in [4.78, 5) is 28.1. The fraction of sp³-hybridized carbons (Fsp3) is 0.412. The molecule has 0 fully saturated rings. The van der Waals surface area contributed by atoms with E-state index in [4.69, 9.17) is 9.47 Å². The first-order valence-electron chi connectivity index (χ1n) is 7.94. The first-order valence-corrected chi connectivity index (χ1v) is 7.94. The number of alkyl carbamates (subject to hydrolysis) is 1. The van der Waals surface area contributed by atoms with E-state index >= 15 is 0 Å². The molecule has 0 aliphatic rings.